The van der Waals surface area contributed by atoms with E-state index < -0.39 is 11.8 Å². The molecule has 1 saturated heterocycles. The van der Waals surface area contributed by atoms with Crippen LogP contribution in [-0.2, 0) is 19.0 Å². The van der Waals surface area contributed by atoms with Gasteiger partial charge in [-0.1, -0.05) is 13.3 Å². The Morgan fingerprint density at radius 3 is 2.86 bits per heavy atom. The molecule has 1 aromatic heterocycles. The molecule has 0 unspecified atom stereocenters. The number of aromatic nitrogens is 1. The summed E-state index contributed by atoms with van der Waals surface area (Å²) in [5.41, 5.74) is 1.10. The predicted molar refractivity (Wildman–Crippen MR) is 109 cm³/mol. The number of carbonyl (C=O) groups excluding carboxylic acids is 1. The molecule has 1 spiro atoms. The lowest BCUT2D eigenvalue weighted by molar-refractivity contribution is -0.182. The standard InChI is InChI=1S/C22H31FN2O4/c1-2-3-12-27-21(26)5-4-19-20(15-18(23)16-25-19)24-11-8-17-6-9-22(10-7-17)28-13-14-29-22/h4-5,15-17,24H,2-3,6-14H2,1H3/b5-4+. The number of unbranched alkanes of at least 4 members (excludes halogenated alkanes) is 1. The van der Waals surface area contributed by atoms with Gasteiger partial charge in [0.15, 0.2) is 5.79 Å². The van der Waals surface area contributed by atoms with Crippen LogP contribution in [0.25, 0.3) is 6.08 Å². The Morgan fingerprint density at radius 2 is 2.14 bits per heavy atom. The zero-order valence-corrected chi connectivity index (χ0v) is 17.1. The van der Waals surface area contributed by atoms with Crippen molar-refractivity contribution in [1.82, 2.24) is 4.98 Å². The van der Waals surface area contributed by atoms with E-state index in [0.717, 1.165) is 51.1 Å². The molecule has 29 heavy (non-hydrogen) atoms. The van der Waals surface area contributed by atoms with Crippen LogP contribution in [0.15, 0.2) is 18.3 Å². The van der Waals surface area contributed by atoms with Crippen molar-refractivity contribution in [2.75, 3.05) is 31.7 Å². The molecule has 3 rings (SSSR count). The number of halogens is 1. The van der Waals surface area contributed by atoms with Crippen LogP contribution >= 0.6 is 0 Å². The number of pyridine rings is 1. The largest absolute Gasteiger partial charge is 0.463 e. The van der Waals surface area contributed by atoms with Gasteiger partial charge in [-0.2, -0.15) is 0 Å². The Kier molecular flexibility index (Phi) is 8.00. The molecule has 0 atom stereocenters. The molecule has 0 amide bonds. The molecule has 1 aromatic rings. The van der Waals surface area contributed by atoms with E-state index in [1.807, 2.05) is 6.92 Å². The molecule has 2 heterocycles. The second kappa shape index (κ2) is 10.7. The Hall–Kier alpha value is -1.99. The Balaban J connectivity index is 1.47. The predicted octanol–water partition coefficient (Wildman–Crippen LogP) is 4.31. The highest BCUT2D eigenvalue weighted by Crippen LogP contribution is 2.39. The van der Waals surface area contributed by atoms with E-state index in [4.69, 9.17) is 14.2 Å². The number of rotatable bonds is 9. The summed E-state index contributed by atoms with van der Waals surface area (Å²) >= 11 is 0. The average Bonchev–Trinajstić information content (AvgIpc) is 3.17. The molecule has 1 aliphatic heterocycles. The quantitative estimate of drug-likeness (QED) is 0.374. The highest BCUT2D eigenvalue weighted by molar-refractivity contribution is 5.87. The first kappa shape index (κ1) is 21.7. The SMILES string of the molecule is CCCCOC(=O)/C=C/c1ncc(F)cc1NCCC1CCC2(CC1)OCCO2. The van der Waals surface area contributed by atoms with E-state index in [9.17, 15) is 9.18 Å². The number of hydrogen-bond acceptors (Lipinski definition) is 6. The van der Waals surface area contributed by atoms with Crippen LogP contribution in [0.3, 0.4) is 0 Å². The topological polar surface area (TPSA) is 69.7 Å². The summed E-state index contributed by atoms with van der Waals surface area (Å²) in [5.74, 6) is -0.566. The number of nitrogens with zero attached hydrogens (tertiary/aromatic N) is 1. The lowest BCUT2D eigenvalue weighted by Gasteiger charge is -2.35. The molecule has 0 aromatic carbocycles. The molecule has 0 radical (unpaired) electrons. The molecule has 2 aliphatic rings. The number of carbonyl (C=O) groups is 1. The first-order valence-corrected chi connectivity index (χ1v) is 10.6. The average molecular weight is 406 g/mol. The minimum atomic E-state index is -0.414. The van der Waals surface area contributed by atoms with Gasteiger partial charge in [-0.25, -0.2) is 9.18 Å². The Bertz CT molecular complexity index is 694. The zero-order chi connectivity index (χ0) is 20.5. The molecule has 7 heteroatoms. The van der Waals surface area contributed by atoms with Crippen molar-refractivity contribution < 1.29 is 23.4 Å². The van der Waals surface area contributed by atoms with Crippen molar-refractivity contribution in [1.29, 1.82) is 0 Å². The van der Waals surface area contributed by atoms with Crippen LogP contribution < -0.4 is 5.32 Å². The van der Waals surface area contributed by atoms with Crippen LogP contribution in [0.5, 0.6) is 0 Å². The molecular weight excluding hydrogens is 375 g/mol. The number of esters is 1. The highest BCUT2D eigenvalue weighted by Gasteiger charge is 2.39. The third-order valence-corrected chi connectivity index (χ3v) is 5.55. The summed E-state index contributed by atoms with van der Waals surface area (Å²) in [7, 11) is 0. The van der Waals surface area contributed by atoms with Crippen molar-refractivity contribution in [2.45, 2.75) is 57.7 Å². The lowest BCUT2D eigenvalue weighted by Crippen LogP contribution is -2.35. The van der Waals surface area contributed by atoms with Crippen LogP contribution in [0.2, 0.25) is 0 Å². The maximum atomic E-state index is 13.7. The molecule has 1 aliphatic carbocycles. The van der Waals surface area contributed by atoms with Gasteiger partial charge in [0, 0.05) is 31.5 Å². The summed E-state index contributed by atoms with van der Waals surface area (Å²) < 4.78 is 30.3. The van der Waals surface area contributed by atoms with Crippen molar-refractivity contribution in [2.24, 2.45) is 5.92 Å². The molecule has 1 saturated carbocycles. The first-order chi connectivity index (χ1) is 14.1. The number of anilines is 1. The van der Waals surface area contributed by atoms with Crippen LogP contribution in [-0.4, -0.2) is 43.1 Å². The van der Waals surface area contributed by atoms with Crippen molar-refractivity contribution in [3.05, 3.63) is 29.9 Å². The van der Waals surface area contributed by atoms with Crippen LogP contribution in [0, 0.1) is 11.7 Å². The Labute approximate surface area is 171 Å². The number of nitrogens with one attached hydrogen (secondary N) is 1. The van der Waals surface area contributed by atoms with Crippen molar-refractivity contribution >= 4 is 17.7 Å². The van der Waals surface area contributed by atoms with E-state index in [1.165, 1.54) is 12.1 Å². The van der Waals surface area contributed by atoms with Gasteiger partial charge < -0.3 is 19.5 Å². The molecule has 160 valence electrons. The number of ether oxygens (including phenoxy) is 3. The van der Waals surface area contributed by atoms with Gasteiger partial charge in [0.2, 0.25) is 0 Å². The van der Waals surface area contributed by atoms with E-state index in [0.29, 0.717) is 43.7 Å². The second-order valence-electron chi connectivity index (χ2n) is 7.71. The molecule has 0 bridgehead atoms. The maximum absolute atomic E-state index is 13.7. The summed E-state index contributed by atoms with van der Waals surface area (Å²) in [6.45, 7) is 4.54. The molecule has 1 N–H and O–H groups in total. The normalized spacial score (nSPS) is 19.1. The third-order valence-electron chi connectivity index (χ3n) is 5.55. The van der Waals surface area contributed by atoms with Crippen LogP contribution in [0.4, 0.5) is 10.1 Å². The van der Waals surface area contributed by atoms with Gasteiger partial charge in [0.1, 0.15) is 5.82 Å². The van der Waals surface area contributed by atoms with Crippen molar-refractivity contribution in [3.8, 4) is 0 Å². The van der Waals surface area contributed by atoms with Gasteiger partial charge >= 0.3 is 5.97 Å². The van der Waals surface area contributed by atoms with E-state index in [2.05, 4.69) is 10.3 Å². The summed E-state index contributed by atoms with van der Waals surface area (Å²) in [5, 5.41) is 3.27. The van der Waals surface area contributed by atoms with Crippen LogP contribution in [0.1, 0.15) is 57.6 Å². The first-order valence-electron chi connectivity index (χ1n) is 10.6. The minimum Gasteiger partial charge on any atom is -0.463 e. The fraction of sp³-hybridized carbons (Fsp3) is 0.636. The minimum absolute atomic E-state index is 0.333. The summed E-state index contributed by atoms with van der Waals surface area (Å²) in [4.78, 5) is 15.8. The monoisotopic (exact) mass is 406 g/mol. The summed E-state index contributed by atoms with van der Waals surface area (Å²) in [6.07, 6.45) is 10.8. The maximum Gasteiger partial charge on any atom is 0.330 e. The molecule has 2 fully saturated rings. The Morgan fingerprint density at radius 1 is 1.38 bits per heavy atom. The van der Waals surface area contributed by atoms with E-state index in [-0.39, 0.29) is 5.79 Å². The number of hydrogen-bond donors (Lipinski definition) is 1. The van der Waals surface area contributed by atoms with Gasteiger partial charge in [0.05, 0.1) is 37.4 Å². The zero-order valence-electron chi connectivity index (χ0n) is 17.1. The fourth-order valence-electron chi connectivity index (χ4n) is 3.84. The van der Waals surface area contributed by atoms with Crippen molar-refractivity contribution in [3.63, 3.8) is 0 Å². The lowest BCUT2D eigenvalue weighted by atomic mass is 9.83. The van der Waals surface area contributed by atoms with Gasteiger partial charge in [-0.05, 0) is 37.7 Å². The van der Waals surface area contributed by atoms with Gasteiger partial charge in [0.25, 0.3) is 0 Å². The fourth-order valence-corrected chi connectivity index (χ4v) is 3.84. The molecular formula is C22H31FN2O4. The highest BCUT2D eigenvalue weighted by atomic mass is 19.1. The van der Waals surface area contributed by atoms with E-state index in [1.54, 1.807) is 6.08 Å². The van der Waals surface area contributed by atoms with Gasteiger partial charge in [-0.3, -0.25) is 4.98 Å². The molecule has 6 nitrogen and oxygen atoms in total. The second-order valence-corrected chi connectivity index (χ2v) is 7.71. The third kappa shape index (κ3) is 6.51. The van der Waals surface area contributed by atoms with Gasteiger partial charge in [-0.15, -0.1) is 0 Å². The summed E-state index contributed by atoms with van der Waals surface area (Å²) in [6, 6.07) is 1.41. The van der Waals surface area contributed by atoms with E-state index >= 15 is 0 Å². The smallest absolute Gasteiger partial charge is 0.330 e.